The van der Waals surface area contributed by atoms with E-state index < -0.39 is 0 Å². The van der Waals surface area contributed by atoms with Crippen molar-refractivity contribution in [1.82, 2.24) is 10.6 Å². The van der Waals surface area contributed by atoms with Crippen molar-refractivity contribution in [3.05, 3.63) is 0 Å². The number of hydrogen-bond donors (Lipinski definition) is 2. The summed E-state index contributed by atoms with van der Waals surface area (Å²) in [5.41, 5.74) is 0. The predicted molar refractivity (Wildman–Crippen MR) is 38.4 cm³/mol. The standard InChI is InChI=1S/C4H8N4O.ClH/c1-5-2-3-6-4(9)8-7-3;/h3,5H,2H2,1H3,(H,6,9);1H. The van der Waals surface area contributed by atoms with Crippen LogP contribution in [0.3, 0.4) is 0 Å². The molecule has 1 aliphatic rings. The highest BCUT2D eigenvalue weighted by Gasteiger charge is 2.15. The minimum Gasteiger partial charge on any atom is -0.316 e. The maximum atomic E-state index is 10.3. The van der Waals surface area contributed by atoms with Crippen molar-refractivity contribution in [2.75, 3.05) is 13.6 Å². The lowest BCUT2D eigenvalue weighted by atomic mass is 10.5. The lowest BCUT2D eigenvalue weighted by Crippen LogP contribution is -2.33. The molecule has 5 nitrogen and oxygen atoms in total. The van der Waals surface area contributed by atoms with E-state index in [1.807, 2.05) is 0 Å². The van der Waals surface area contributed by atoms with Crippen LogP contribution in [0.5, 0.6) is 0 Å². The zero-order valence-corrected chi connectivity index (χ0v) is 6.31. The molecule has 0 saturated heterocycles. The molecule has 2 amide bonds. The molecule has 0 radical (unpaired) electrons. The first-order valence-corrected chi connectivity index (χ1v) is 2.69. The van der Waals surface area contributed by atoms with Gasteiger partial charge in [0.1, 0.15) is 0 Å². The van der Waals surface area contributed by atoms with Crippen LogP contribution in [-0.2, 0) is 0 Å². The molecule has 0 bridgehead atoms. The van der Waals surface area contributed by atoms with Gasteiger partial charge in [-0.3, -0.25) is 0 Å². The van der Waals surface area contributed by atoms with Crippen LogP contribution >= 0.6 is 12.4 Å². The summed E-state index contributed by atoms with van der Waals surface area (Å²) in [7, 11) is 1.79. The Morgan fingerprint density at radius 2 is 2.50 bits per heavy atom. The van der Waals surface area contributed by atoms with E-state index in [-0.39, 0.29) is 24.6 Å². The summed E-state index contributed by atoms with van der Waals surface area (Å²) in [6.07, 6.45) is -0.164. The maximum absolute atomic E-state index is 10.3. The molecule has 1 rings (SSSR count). The van der Waals surface area contributed by atoms with Crippen molar-refractivity contribution in [2.45, 2.75) is 6.17 Å². The van der Waals surface area contributed by atoms with Gasteiger partial charge in [-0.25, -0.2) is 4.79 Å². The summed E-state index contributed by atoms with van der Waals surface area (Å²) >= 11 is 0. The van der Waals surface area contributed by atoms with Crippen molar-refractivity contribution >= 4 is 18.4 Å². The van der Waals surface area contributed by atoms with E-state index in [1.54, 1.807) is 7.05 Å². The van der Waals surface area contributed by atoms with Gasteiger partial charge in [0, 0.05) is 6.54 Å². The number of nitrogens with one attached hydrogen (secondary N) is 2. The van der Waals surface area contributed by atoms with E-state index in [0.717, 1.165) is 0 Å². The Morgan fingerprint density at radius 1 is 1.80 bits per heavy atom. The number of azo groups is 1. The Hall–Kier alpha value is -0.680. The van der Waals surface area contributed by atoms with Crippen LogP contribution in [-0.4, -0.2) is 25.8 Å². The molecule has 10 heavy (non-hydrogen) atoms. The smallest absolute Gasteiger partial charge is 0.316 e. The van der Waals surface area contributed by atoms with Gasteiger partial charge in [0.2, 0.25) is 0 Å². The fourth-order valence-electron chi connectivity index (χ4n) is 0.608. The molecule has 2 N–H and O–H groups in total. The second kappa shape index (κ2) is 4.19. The summed E-state index contributed by atoms with van der Waals surface area (Å²) < 4.78 is 0. The number of amides is 2. The molecule has 0 aromatic carbocycles. The quantitative estimate of drug-likeness (QED) is 0.609. The molecule has 0 aromatic rings. The van der Waals surface area contributed by atoms with E-state index in [9.17, 15) is 4.79 Å². The highest BCUT2D eigenvalue weighted by atomic mass is 35.5. The van der Waals surface area contributed by atoms with Crippen LogP contribution in [0.4, 0.5) is 4.79 Å². The largest absolute Gasteiger partial charge is 0.361 e. The Bertz CT molecular complexity index is 148. The van der Waals surface area contributed by atoms with Gasteiger partial charge in [0.25, 0.3) is 0 Å². The number of carbonyl (C=O) groups is 1. The number of nitrogens with zero attached hydrogens (tertiary/aromatic N) is 2. The number of hydrogen-bond acceptors (Lipinski definition) is 3. The highest BCUT2D eigenvalue weighted by Crippen LogP contribution is 1.95. The zero-order valence-electron chi connectivity index (χ0n) is 5.50. The predicted octanol–water partition coefficient (Wildman–Crippen LogP) is 0.129. The topological polar surface area (TPSA) is 65.8 Å². The molecule has 1 atom stereocenters. The van der Waals surface area contributed by atoms with Crippen molar-refractivity contribution < 1.29 is 4.79 Å². The zero-order chi connectivity index (χ0) is 6.69. The van der Waals surface area contributed by atoms with Crippen molar-refractivity contribution in [2.24, 2.45) is 10.2 Å². The first-order valence-electron chi connectivity index (χ1n) is 2.69. The average molecular weight is 165 g/mol. The molecule has 1 aliphatic heterocycles. The number of carbonyl (C=O) groups excluding carboxylic acids is 1. The Balaban J connectivity index is 0.000000810. The van der Waals surface area contributed by atoms with Gasteiger partial charge in [0.05, 0.1) is 0 Å². The van der Waals surface area contributed by atoms with E-state index in [1.165, 1.54) is 0 Å². The fraction of sp³-hybridized carbons (Fsp3) is 0.750. The number of halogens is 1. The molecule has 0 aromatic heterocycles. The van der Waals surface area contributed by atoms with Crippen LogP contribution in [0.15, 0.2) is 10.2 Å². The molecular formula is C4H9ClN4O. The number of likely N-dealkylation sites (N-methyl/N-ethyl adjacent to an activating group) is 1. The monoisotopic (exact) mass is 164 g/mol. The first-order chi connectivity index (χ1) is 4.33. The Labute approximate surface area is 64.7 Å². The highest BCUT2D eigenvalue weighted by molar-refractivity contribution is 5.85. The third kappa shape index (κ3) is 2.28. The maximum Gasteiger partial charge on any atom is 0.361 e. The van der Waals surface area contributed by atoms with E-state index in [4.69, 9.17) is 0 Å². The van der Waals surface area contributed by atoms with Gasteiger partial charge in [-0.1, -0.05) is 5.11 Å². The second-order valence-corrected chi connectivity index (χ2v) is 1.74. The van der Waals surface area contributed by atoms with Crippen molar-refractivity contribution in [1.29, 1.82) is 0 Å². The Morgan fingerprint density at radius 3 is 2.90 bits per heavy atom. The number of urea groups is 1. The lowest BCUT2D eigenvalue weighted by molar-refractivity contribution is 0.250. The summed E-state index contributed by atoms with van der Waals surface area (Å²) in [6, 6.07) is -0.352. The SMILES string of the molecule is CNCC1N=NC(=O)N1.Cl. The summed E-state index contributed by atoms with van der Waals surface area (Å²) in [5.74, 6) is 0. The Kier molecular flexibility index (Phi) is 3.90. The molecular weight excluding hydrogens is 156 g/mol. The minimum absolute atomic E-state index is 0. The van der Waals surface area contributed by atoms with Gasteiger partial charge >= 0.3 is 6.03 Å². The van der Waals surface area contributed by atoms with Crippen LogP contribution < -0.4 is 10.6 Å². The molecule has 1 unspecified atom stereocenters. The average Bonchev–Trinajstić information content (AvgIpc) is 2.17. The first kappa shape index (κ1) is 9.32. The second-order valence-electron chi connectivity index (χ2n) is 1.74. The van der Waals surface area contributed by atoms with Gasteiger partial charge in [-0.15, -0.1) is 12.4 Å². The van der Waals surface area contributed by atoms with Gasteiger partial charge in [-0.05, 0) is 7.05 Å². The summed E-state index contributed by atoms with van der Waals surface area (Å²) in [6.45, 7) is 0.634. The van der Waals surface area contributed by atoms with Gasteiger partial charge in [-0.2, -0.15) is 5.11 Å². The van der Waals surface area contributed by atoms with Gasteiger partial charge < -0.3 is 10.6 Å². The molecule has 0 fully saturated rings. The summed E-state index contributed by atoms with van der Waals surface area (Å²) in [4.78, 5) is 10.3. The molecule has 1 heterocycles. The lowest BCUT2D eigenvalue weighted by Gasteiger charge is -2.01. The van der Waals surface area contributed by atoms with Crippen molar-refractivity contribution in [3.63, 3.8) is 0 Å². The van der Waals surface area contributed by atoms with E-state index in [0.29, 0.717) is 6.54 Å². The normalized spacial score (nSPS) is 22.1. The third-order valence-corrected chi connectivity index (χ3v) is 0.976. The van der Waals surface area contributed by atoms with Crippen LogP contribution in [0.2, 0.25) is 0 Å². The molecule has 0 aliphatic carbocycles. The number of rotatable bonds is 2. The van der Waals surface area contributed by atoms with E-state index in [2.05, 4.69) is 20.9 Å². The minimum atomic E-state index is -0.352. The molecule has 6 heteroatoms. The third-order valence-electron chi connectivity index (χ3n) is 0.976. The molecule has 0 spiro atoms. The van der Waals surface area contributed by atoms with Crippen molar-refractivity contribution in [3.8, 4) is 0 Å². The van der Waals surface area contributed by atoms with Gasteiger partial charge in [0.15, 0.2) is 6.17 Å². The van der Waals surface area contributed by atoms with Crippen LogP contribution in [0.25, 0.3) is 0 Å². The fourth-order valence-corrected chi connectivity index (χ4v) is 0.608. The summed E-state index contributed by atoms with van der Waals surface area (Å²) in [5, 5.41) is 12.3. The molecule has 58 valence electrons. The van der Waals surface area contributed by atoms with Crippen LogP contribution in [0.1, 0.15) is 0 Å². The van der Waals surface area contributed by atoms with E-state index >= 15 is 0 Å². The van der Waals surface area contributed by atoms with Crippen LogP contribution in [0, 0.1) is 0 Å². The molecule has 0 saturated carbocycles.